The molecule has 0 saturated carbocycles. The molecule has 2 N–H and O–H groups in total. The predicted octanol–water partition coefficient (Wildman–Crippen LogP) is 0.788. The van der Waals surface area contributed by atoms with Crippen LogP contribution in [0.25, 0.3) is 0 Å². The summed E-state index contributed by atoms with van der Waals surface area (Å²) in [4.78, 5) is 12.6. The third kappa shape index (κ3) is 4.11. The Labute approximate surface area is 131 Å². The number of nitrogens with one attached hydrogen (secondary N) is 2. The Bertz CT molecular complexity index is 849. The van der Waals surface area contributed by atoms with Gasteiger partial charge >= 0.3 is 0 Å². The lowest BCUT2D eigenvalue weighted by atomic mass is 10.3. The monoisotopic (exact) mass is 344 g/mol. The molecule has 2 rings (SSSR count). The van der Waals surface area contributed by atoms with Gasteiger partial charge < -0.3 is 0 Å². The van der Waals surface area contributed by atoms with E-state index in [1.54, 1.807) is 24.7 Å². The van der Waals surface area contributed by atoms with Crippen LogP contribution in [0.2, 0.25) is 0 Å². The maximum absolute atomic E-state index is 13.5. The number of carbonyl (C=O) groups excluding carboxylic acids is 1. The molecule has 0 atom stereocenters. The summed E-state index contributed by atoms with van der Waals surface area (Å²) in [5, 5.41) is 4.05. The van der Waals surface area contributed by atoms with Crippen molar-refractivity contribution in [3.63, 3.8) is 0 Å². The number of nitrogens with zero attached hydrogens (tertiary/aromatic N) is 2. The van der Waals surface area contributed by atoms with Crippen LogP contribution in [0.5, 0.6) is 0 Å². The lowest BCUT2D eigenvalue weighted by Crippen LogP contribution is -2.43. The number of benzene rings is 1. The Morgan fingerprint density at radius 3 is 2.57 bits per heavy atom. The molecule has 124 valence electrons. The van der Waals surface area contributed by atoms with Gasteiger partial charge in [-0.1, -0.05) is 0 Å². The molecule has 0 radical (unpaired) electrons. The second kappa shape index (κ2) is 6.42. The van der Waals surface area contributed by atoms with E-state index in [0.717, 1.165) is 11.8 Å². The van der Waals surface area contributed by atoms with E-state index in [4.69, 9.17) is 0 Å². The van der Waals surface area contributed by atoms with E-state index in [2.05, 4.69) is 5.10 Å². The van der Waals surface area contributed by atoms with Crippen LogP contribution in [0.3, 0.4) is 0 Å². The Morgan fingerprint density at radius 1 is 1.26 bits per heavy atom. The molecule has 1 amide bonds. The molecule has 1 aromatic heterocycles. The van der Waals surface area contributed by atoms with E-state index < -0.39 is 32.5 Å². The fraction of sp³-hybridized carbons (Fsp3) is 0.231. The van der Waals surface area contributed by atoms with E-state index in [1.165, 1.54) is 4.68 Å². The first kappa shape index (κ1) is 17.0. The first-order valence-corrected chi connectivity index (χ1v) is 7.94. The van der Waals surface area contributed by atoms with Crippen molar-refractivity contribution in [3.05, 3.63) is 47.3 Å². The molecule has 1 heterocycles. The maximum Gasteiger partial charge on any atom is 0.260 e. The third-order valence-electron chi connectivity index (χ3n) is 2.90. The zero-order valence-corrected chi connectivity index (χ0v) is 13.1. The standard InChI is InChI=1S/C13H14F2N4O3S/c1-8-5-9(2)19(17-8)7-13(20)16-18-23(21,22)12-6-10(14)3-4-11(12)15/h3-6,18H,7H2,1-2H3,(H,16,20). The molecule has 0 bridgehead atoms. The number of aryl methyl sites for hydroxylation is 2. The third-order valence-corrected chi connectivity index (χ3v) is 4.17. The molecule has 0 aliphatic rings. The molecular weight excluding hydrogens is 330 g/mol. The Morgan fingerprint density at radius 2 is 1.96 bits per heavy atom. The van der Waals surface area contributed by atoms with Gasteiger partial charge in [-0.25, -0.2) is 17.2 Å². The molecule has 0 saturated heterocycles. The number of hydrazine groups is 1. The van der Waals surface area contributed by atoms with Crippen molar-refractivity contribution in [1.29, 1.82) is 0 Å². The summed E-state index contributed by atoms with van der Waals surface area (Å²) in [5.74, 6) is -2.76. The molecule has 0 aliphatic carbocycles. The van der Waals surface area contributed by atoms with Gasteiger partial charge in [0.15, 0.2) is 0 Å². The lowest BCUT2D eigenvalue weighted by Gasteiger charge is -2.10. The molecule has 23 heavy (non-hydrogen) atoms. The van der Waals surface area contributed by atoms with Gasteiger partial charge in [0, 0.05) is 5.69 Å². The van der Waals surface area contributed by atoms with Crippen molar-refractivity contribution in [2.45, 2.75) is 25.3 Å². The number of halogens is 2. The smallest absolute Gasteiger partial charge is 0.260 e. The summed E-state index contributed by atoms with van der Waals surface area (Å²) < 4.78 is 51.7. The van der Waals surface area contributed by atoms with E-state index >= 15 is 0 Å². The zero-order chi connectivity index (χ0) is 17.2. The predicted molar refractivity (Wildman–Crippen MR) is 76.5 cm³/mol. The van der Waals surface area contributed by atoms with Gasteiger partial charge in [-0.3, -0.25) is 14.9 Å². The summed E-state index contributed by atoms with van der Waals surface area (Å²) >= 11 is 0. The molecule has 0 unspecified atom stereocenters. The van der Waals surface area contributed by atoms with Gasteiger partial charge in [0.2, 0.25) is 0 Å². The summed E-state index contributed by atoms with van der Waals surface area (Å²) in [6.07, 6.45) is 0. The summed E-state index contributed by atoms with van der Waals surface area (Å²) in [6, 6.07) is 3.74. The first-order valence-electron chi connectivity index (χ1n) is 6.46. The Kier molecular flexibility index (Phi) is 4.76. The summed E-state index contributed by atoms with van der Waals surface area (Å²) in [7, 11) is -4.43. The Balaban J connectivity index is 2.05. The van der Waals surface area contributed by atoms with Gasteiger partial charge in [-0.2, -0.15) is 5.10 Å². The van der Waals surface area contributed by atoms with Crippen molar-refractivity contribution >= 4 is 15.9 Å². The molecule has 7 nitrogen and oxygen atoms in total. The lowest BCUT2D eigenvalue weighted by molar-refractivity contribution is -0.122. The van der Waals surface area contributed by atoms with Crippen LogP contribution >= 0.6 is 0 Å². The van der Waals surface area contributed by atoms with E-state index in [-0.39, 0.29) is 6.54 Å². The SMILES string of the molecule is Cc1cc(C)n(CC(=O)NNS(=O)(=O)c2cc(F)ccc2F)n1. The van der Waals surface area contributed by atoms with E-state index in [9.17, 15) is 22.0 Å². The number of hydrogen-bond acceptors (Lipinski definition) is 4. The molecular formula is C13H14F2N4O3S. The molecule has 10 heteroatoms. The van der Waals surface area contributed by atoms with Gasteiger partial charge in [0.25, 0.3) is 15.9 Å². The summed E-state index contributed by atoms with van der Waals surface area (Å²) in [5.41, 5.74) is 3.35. The number of sulfonamides is 1. The highest BCUT2D eigenvalue weighted by molar-refractivity contribution is 7.89. The molecule has 1 aromatic carbocycles. The second-order valence-corrected chi connectivity index (χ2v) is 6.46. The van der Waals surface area contributed by atoms with Crippen molar-refractivity contribution in [2.24, 2.45) is 0 Å². The first-order chi connectivity index (χ1) is 10.7. The fourth-order valence-electron chi connectivity index (χ4n) is 1.87. The van der Waals surface area contributed by atoms with Gasteiger partial charge in [-0.05, 0) is 38.1 Å². The van der Waals surface area contributed by atoms with Crippen molar-refractivity contribution in [2.75, 3.05) is 0 Å². The normalized spacial score (nSPS) is 11.5. The van der Waals surface area contributed by atoms with E-state index in [1.807, 2.05) is 5.43 Å². The largest absolute Gasteiger partial charge is 0.276 e. The second-order valence-electron chi connectivity index (χ2n) is 4.81. The van der Waals surface area contributed by atoms with Crippen LogP contribution in [0.15, 0.2) is 29.2 Å². The number of amides is 1. The zero-order valence-electron chi connectivity index (χ0n) is 12.3. The van der Waals surface area contributed by atoms with Crippen LogP contribution in [-0.4, -0.2) is 24.1 Å². The van der Waals surface area contributed by atoms with Gasteiger partial charge in [-0.15, -0.1) is 4.83 Å². The quantitative estimate of drug-likeness (QED) is 0.784. The van der Waals surface area contributed by atoms with Crippen LogP contribution in [0.1, 0.15) is 11.4 Å². The number of hydrogen-bond donors (Lipinski definition) is 2. The number of carbonyl (C=O) groups is 1. The van der Waals surface area contributed by atoms with Crippen LogP contribution in [-0.2, 0) is 21.4 Å². The topological polar surface area (TPSA) is 93.1 Å². The molecule has 0 spiro atoms. The minimum Gasteiger partial charge on any atom is -0.276 e. The molecule has 0 aliphatic heterocycles. The van der Waals surface area contributed by atoms with Crippen molar-refractivity contribution < 1.29 is 22.0 Å². The highest BCUT2D eigenvalue weighted by Gasteiger charge is 2.20. The van der Waals surface area contributed by atoms with Crippen LogP contribution in [0, 0.1) is 25.5 Å². The number of aromatic nitrogens is 2. The van der Waals surface area contributed by atoms with E-state index in [0.29, 0.717) is 17.8 Å². The fourth-order valence-corrected chi connectivity index (χ4v) is 2.82. The molecule has 2 aromatic rings. The number of rotatable bonds is 5. The average molecular weight is 344 g/mol. The minimum atomic E-state index is -4.43. The van der Waals surface area contributed by atoms with Crippen LogP contribution < -0.4 is 10.3 Å². The highest BCUT2D eigenvalue weighted by Crippen LogP contribution is 2.14. The van der Waals surface area contributed by atoms with Gasteiger partial charge in [0.05, 0.1) is 5.69 Å². The van der Waals surface area contributed by atoms with Crippen molar-refractivity contribution in [1.82, 2.24) is 20.0 Å². The van der Waals surface area contributed by atoms with Gasteiger partial charge in [0.1, 0.15) is 23.1 Å². The highest BCUT2D eigenvalue weighted by atomic mass is 32.2. The minimum absolute atomic E-state index is 0.228. The summed E-state index contributed by atoms with van der Waals surface area (Å²) in [6.45, 7) is 3.25. The van der Waals surface area contributed by atoms with Crippen molar-refractivity contribution in [3.8, 4) is 0 Å². The maximum atomic E-state index is 13.5. The Hall–Kier alpha value is -2.33. The molecule has 0 fully saturated rings. The van der Waals surface area contributed by atoms with Crippen LogP contribution in [0.4, 0.5) is 8.78 Å². The average Bonchev–Trinajstić information content (AvgIpc) is 2.77.